The molecular weight excluding hydrogens is 254 g/mol. The summed E-state index contributed by atoms with van der Waals surface area (Å²) in [6.45, 7) is 6.81. The van der Waals surface area contributed by atoms with Gasteiger partial charge in [-0.1, -0.05) is 0 Å². The van der Waals surface area contributed by atoms with Gasteiger partial charge >= 0.3 is 0 Å². The molecule has 3 rings (SSSR count). The van der Waals surface area contributed by atoms with E-state index in [-0.39, 0.29) is 5.54 Å². The van der Waals surface area contributed by atoms with Crippen molar-refractivity contribution in [1.29, 1.82) is 0 Å². The molecule has 106 valence electrons. The van der Waals surface area contributed by atoms with Gasteiger partial charge in [0.05, 0.1) is 11.2 Å². The molecule has 0 bridgehead atoms. The molecule has 1 saturated heterocycles. The summed E-state index contributed by atoms with van der Waals surface area (Å²) in [4.78, 5) is 9.00. The van der Waals surface area contributed by atoms with Gasteiger partial charge in [-0.05, 0) is 59.5 Å². The first-order valence-electron chi connectivity index (χ1n) is 7.54. The highest BCUT2D eigenvalue weighted by molar-refractivity contribution is 7.12. The van der Waals surface area contributed by atoms with Crippen molar-refractivity contribution in [3.8, 4) is 0 Å². The van der Waals surface area contributed by atoms with Crippen LogP contribution in [0.3, 0.4) is 0 Å². The highest BCUT2D eigenvalue weighted by Crippen LogP contribution is 2.38. The minimum Gasteiger partial charge on any atom is -0.304 e. The van der Waals surface area contributed by atoms with Crippen molar-refractivity contribution < 1.29 is 0 Å². The van der Waals surface area contributed by atoms with Gasteiger partial charge in [-0.3, -0.25) is 0 Å². The van der Waals surface area contributed by atoms with Crippen molar-refractivity contribution in [2.24, 2.45) is 0 Å². The van der Waals surface area contributed by atoms with Crippen LogP contribution in [0.2, 0.25) is 0 Å². The average molecular weight is 279 g/mol. The third kappa shape index (κ3) is 2.58. The lowest BCUT2D eigenvalue weighted by molar-refractivity contribution is 0.134. The molecule has 0 aromatic carbocycles. The molecule has 1 aliphatic carbocycles. The average Bonchev–Trinajstić information content (AvgIpc) is 2.87. The van der Waals surface area contributed by atoms with Gasteiger partial charge in [0, 0.05) is 17.5 Å². The summed E-state index contributed by atoms with van der Waals surface area (Å²) >= 11 is 1.97. The fourth-order valence-electron chi connectivity index (χ4n) is 3.57. The maximum Gasteiger partial charge on any atom is 0.115 e. The number of rotatable bonds is 3. The van der Waals surface area contributed by atoms with Gasteiger partial charge in [0.2, 0.25) is 0 Å². The first-order chi connectivity index (χ1) is 9.09. The van der Waals surface area contributed by atoms with Gasteiger partial charge in [0.15, 0.2) is 0 Å². The normalized spacial score (nSPS) is 28.0. The van der Waals surface area contributed by atoms with Gasteiger partial charge in [-0.25, -0.2) is 4.98 Å². The van der Waals surface area contributed by atoms with Crippen LogP contribution in [-0.4, -0.2) is 36.1 Å². The van der Waals surface area contributed by atoms with Crippen molar-refractivity contribution in [3.05, 3.63) is 15.6 Å². The molecule has 19 heavy (non-hydrogen) atoms. The van der Waals surface area contributed by atoms with Gasteiger partial charge < -0.3 is 10.2 Å². The molecule has 1 aliphatic heterocycles. The Labute approximate surface area is 120 Å². The molecule has 1 aromatic heterocycles. The van der Waals surface area contributed by atoms with Crippen molar-refractivity contribution in [1.82, 2.24) is 15.2 Å². The first kappa shape index (κ1) is 13.5. The molecule has 1 fully saturated rings. The van der Waals surface area contributed by atoms with E-state index < -0.39 is 0 Å². The van der Waals surface area contributed by atoms with Crippen molar-refractivity contribution in [3.63, 3.8) is 0 Å². The van der Waals surface area contributed by atoms with E-state index in [1.807, 2.05) is 11.3 Å². The van der Waals surface area contributed by atoms with Gasteiger partial charge in [0.25, 0.3) is 0 Å². The summed E-state index contributed by atoms with van der Waals surface area (Å²) in [5.41, 5.74) is 1.48. The lowest BCUT2D eigenvalue weighted by Crippen LogP contribution is -2.55. The number of thiazole rings is 1. The summed E-state index contributed by atoms with van der Waals surface area (Å²) in [6.07, 6.45) is 6.24. The molecule has 0 radical (unpaired) electrons. The minimum atomic E-state index is 0.0934. The zero-order valence-electron chi connectivity index (χ0n) is 12.3. The number of nitrogens with zero attached hydrogens (tertiary/aromatic N) is 2. The molecule has 0 spiro atoms. The number of aryl methyl sites for hydroxylation is 2. The lowest BCUT2D eigenvalue weighted by atomic mass is 9.89. The molecule has 4 heteroatoms. The molecule has 1 aromatic rings. The van der Waals surface area contributed by atoms with E-state index in [9.17, 15) is 0 Å². The highest BCUT2D eigenvalue weighted by Gasteiger charge is 2.40. The predicted octanol–water partition coefficient (Wildman–Crippen LogP) is 2.55. The van der Waals surface area contributed by atoms with E-state index in [0.29, 0.717) is 6.04 Å². The summed E-state index contributed by atoms with van der Waals surface area (Å²) in [5.74, 6) is 0. The third-order valence-electron chi connectivity index (χ3n) is 4.25. The molecule has 2 aliphatic rings. The molecule has 3 nitrogen and oxygen atoms in total. The Morgan fingerprint density at radius 2 is 2.16 bits per heavy atom. The second kappa shape index (κ2) is 5.15. The number of aromatic nitrogens is 1. The number of fused-ring (bicyclic) bond motifs is 1. The number of piperidine rings is 1. The van der Waals surface area contributed by atoms with Gasteiger partial charge in [-0.15, -0.1) is 11.3 Å². The SMILES string of the molecule is CC(C)NC1(c2nc3c(s2)CCC3)CCCN(C)C1. The van der Waals surface area contributed by atoms with E-state index >= 15 is 0 Å². The molecule has 1 atom stereocenters. The second-order valence-electron chi connectivity index (χ2n) is 6.46. The number of hydrogen-bond donors (Lipinski definition) is 1. The van der Waals surface area contributed by atoms with Crippen LogP contribution in [0.25, 0.3) is 0 Å². The Morgan fingerprint density at radius 1 is 1.32 bits per heavy atom. The number of nitrogens with one attached hydrogen (secondary N) is 1. The minimum absolute atomic E-state index is 0.0934. The molecule has 1 unspecified atom stereocenters. The standard InChI is InChI=1S/C15H25N3S/c1-11(2)17-15(8-5-9-18(3)10-15)14-16-12-6-4-7-13(12)19-14/h11,17H,4-10H2,1-3H3. The van der Waals surface area contributed by atoms with Gasteiger partial charge in [0.1, 0.15) is 5.01 Å². The quantitative estimate of drug-likeness (QED) is 0.921. The Bertz CT molecular complexity index is 429. The van der Waals surface area contributed by atoms with Crippen LogP contribution in [0.4, 0.5) is 0 Å². The Kier molecular flexibility index (Phi) is 3.67. The van der Waals surface area contributed by atoms with E-state index in [0.717, 1.165) is 6.54 Å². The monoisotopic (exact) mass is 279 g/mol. The van der Waals surface area contributed by atoms with Crippen LogP contribution in [0, 0.1) is 0 Å². The summed E-state index contributed by atoms with van der Waals surface area (Å²) in [7, 11) is 2.23. The molecule has 0 amide bonds. The van der Waals surface area contributed by atoms with Crippen molar-refractivity contribution in [2.75, 3.05) is 20.1 Å². The zero-order valence-corrected chi connectivity index (χ0v) is 13.1. The second-order valence-corrected chi connectivity index (χ2v) is 7.55. The maximum atomic E-state index is 5.00. The molecule has 0 saturated carbocycles. The van der Waals surface area contributed by atoms with E-state index in [1.54, 1.807) is 4.88 Å². The third-order valence-corrected chi connectivity index (χ3v) is 5.61. The van der Waals surface area contributed by atoms with Crippen LogP contribution >= 0.6 is 11.3 Å². The Balaban J connectivity index is 1.93. The maximum absolute atomic E-state index is 5.00. The summed E-state index contributed by atoms with van der Waals surface area (Å²) in [5, 5.41) is 5.18. The molecular formula is C15H25N3S. The van der Waals surface area contributed by atoms with Crippen LogP contribution in [0.5, 0.6) is 0 Å². The van der Waals surface area contributed by atoms with E-state index in [1.165, 1.54) is 49.4 Å². The van der Waals surface area contributed by atoms with E-state index in [2.05, 4.69) is 31.1 Å². The summed E-state index contributed by atoms with van der Waals surface area (Å²) in [6, 6.07) is 0.505. The number of hydrogen-bond acceptors (Lipinski definition) is 4. The predicted molar refractivity (Wildman–Crippen MR) is 80.8 cm³/mol. The Morgan fingerprint density at radius 3 is 2.84 bits per heavy atom. The topological polar surface area (TPSA) is 28.2 Å². The first-order valence-corrected chi connectivity index (χ1v) is 8.36. The summed E-state index contributed by atoms with van der Waals surface area (Å²) < 4.78 is 0. The molecule has 2 heterocycles. The Hall–Kier alpha value is -0.450. The van der Waals surface area contributed by atoms with Crippen molar-refractivity contribution in [2.45, 2.75) is 57.5 Å². The number of likely N-dealkylation sites (tertiary alicyclic amines) is 1. The lowest BCUT2D eigenvalue weighted by Gasteiger charge is -2.42. The zero-order chi connectivity index (χ0) is 13.5. The van der Waals surface area contributed by atoms with Gasteiger partial charge in [-0.2, -0.15) is 0 Å². The fraction of sp³-hybridized carbons (Fsp3) is 0.800. The fourth-order valence-corrected chi connectivity index (χ4v) is 4.89. The number of likely N-dealkylation sites (N-methyl/N-ethyl adjacent to an activating group) is 1. The smallest absolute Gasteiger partial charge is 0.115 e. The van der Waals surface area contributed by atoms with Crippen LogP contribution in [-0.2, 0) is 18.4 Å². The molecule has 1 N–H and O–H groups in total. The van der Waals surface area contributed by atoms with Crippen LogP contribution < -0.4 is 5.32 Å². The largest absolute Gasteiger partial charge is 0.304 e. The highest BCUT2D eigenvalue weighted by atomic mass is 32.1. The van der Waals surface area contributed by atoms with Crippen LogP contribution in [0.15, 0.2) is 0 Å². The van der Waals surface area contributed by atoms with Crippen molar-refractivity contribution >= 4 is 11.3 Å². The van der Waals surface area contributed by atoms with E-state index in [4.69, 9.17) is 4.98 Å². The van der Waals surface area contributed by atoms with Crippen LogP contribution in [0.1, 0.15) is 48.7 Å².